The van der Waals surface area contributed by atoms with Crippen molar-refractivity contribution >= 4 is 28.5 Å². The van der Waals surface area contributed by atoms with Crippen LogP contribution in [0.25, 0.3) is 28.0 Å². The molecule has 0 spiro atoms. The lowest BCUT2D eigenvalue weighted by Gasteiger charge is -2.12. The Bertz CT molecular complexity index is 1370. The molecule has 3 aromatic carbocycles. The molecule has 5 aromatic rings. The molecule has 0 fully saturated rings. The highest BCUT2D eigenvalue weighted by atomic mass is 35.5. The highest BCUT2D eigenvalue weighted by Crippen LogP contribution is 2.30. The van der Waals surface area contributed by atoms with Crippen molar-refractivity contribution in [3.05, 3.63) is 100 Å². The number of nitrogens with one attached hydrogen (secondary N) is 3. The van der Waals surface area contributed by atoms with Gasteiger partial charge in [-0.15, -0.1) is 0 Å². The van der Waals surface area contributed by atoms with E-state index in [4.69, 9.17) is 11.6 Å². The molecule has 0 aliphatic carbocycles. The second-order valence-corrected chi connectivity index (χ2v) is 7.38. The molecule has 148 valence electrons. The standard InChI is InChI=1S/C23H18ClN5O/c24-17-8-6-16(7-9-17)21-22(25-13-15-4-2-1-3-5-15)28-23(30)29(21)18-10-11-19-20(12-18)27-14-26-19/h1-12,14,25H,13H2,(H,26,27)(H,28,30). The molecule has 0 saturated carbocycles. The van der Waals surface area contributed by atoms with Crippen molar-refractivity contribution in [2.45, 2.75) is 6.54 Å². The van der Waals surface area contributed by atoms with Crippen molar-refractivity contribution in [2.75, 3.05) is 5.32 Å². The molecular weight excluding hydrogens is 398 g/mol. The molecule has 30 heavy (non-hydrogen) atoms. The van der Waals surface area contributed by atoms with E-state index in [1.807, 2.05) is 72.8 Å². The molecule has 6 nitrogen and oxygen atoms in total. The van der Waals surface area contributed by atoms with Crippen LogP contribution in [0.3, 0.4) is 0 Å². The number of hydrogen-bond acceptors (Lipinski definition) is 3. The largest absolute Gasteiger partial charge is 0.366 e. The van der Waals surface area contributed by atoms with Gasteiger partial charge in [-0.05, 0) is 35.9 Å². The lowest BCUT2D eigenvalue weighted by Crippen LogP contribution is -2.15. The number of H-pyrrole nitrogens is 2. The van der Waals surface area contributed by atoms with Crippen LogP contribution in [0.4, 0.5) is 5.82 Å². The summed E-state index contributed by atoms with van der Waals surface area (Å²) in [6.07, 6.45) is 1.64. The molecule has 0 bridgehead atoms. The summed E-state index contributed by atoms with van der Waals surface area (Å²) in [6.45, 7) is 0.584. The van der Waals surface area contributed by atoms with Gasteiger partial charge in [-0.1, -0.05) is 54.1 Å². The fourth-order valence-corrected chi connectivity index (χ4v) is 3.67. The van der Waals surface area contributed by atoms with Gasteiger partial charge in [-0.3, -0.25) is 9.55 Å². The summed E-state index contributed by atoms with van der Waals surface area (Å²) in [4.78, 5) is 23.3. The first kappa shape index (κ1) is 18.3. The van der Waals surface area contributed by atoms with E-state index < -0.39 is 0 Å². The van der Waals surface area contributed by atoms with Crippen LogP contribution in [-0.4, -0.2) is 19.5 Å². The molecule has 0 amide bonds. The zero-order chi connectivity index (χ0) is 20.5. The molecule has 3 N–H and O–H groups in total. The number of aromatic amines is 2. The van der Waals surface area contributed by atoms with E-state index in [-0.39, 0.29) is 5.69 Å². The average molecular weight is 416 g/mol. The lowest BCUT2D eigenvalue weighted by atomic mass is 10.1. The molecule has 2 aromatic heterocycles. The Morgan fingerprint density at radius 2 is 1.80 bits per heavy atom. The Hall–Kier alpha value is -3.77. The molecule has 0 aliphatic heterocycles. The van der Waals surface area contributed by atoms with E-state index in [1.165, 1.54) is 0 Å². The summed E-state index contributed by atoms with van der Waals surface area (Å²) in [5.74, 6) is 0.649. The molecule has 7 heteroatoms. The number of nitrogens with zero attached hydrogens (tertiary/aromatic N) is 2. The first-order chi connectivity index (χ1) is 14.7. The van der Waals surface area contributed by atoms with Crippen LogP contribution >= 0.6 is 11.6 Å². The van der Waals surface area contributed by atoms with E-state index in [0.717, 1.165) is 33.5 Å². The van der Waals surface area contributed by atoms with E-state index in [1.54, 1.807) is 10.9 Å². The molecule has 5 rings (SSSR count). The third kappa shape index (κ3) is 3.38. The third-order valence-electron chi connectivity index (χ3n) is 4.99. The molecule has 0 saturated heterocycles. The number of anilines is 1. The van der Waals surface area contributed by atoms with Gasteiger partial charge in [0.2, 0.25) is 0 Å². The Labute approximate surface area is 177 Å². The molecule has 0 radical (unpaired) electrons. The van der Waals surface area contributed by atoms with Crippen molar-refractivity contribution in [3.63, 3.8) is 0 Å². The third-order valence-corrected chi connectivity index (χ3v) is 5.24. The summed E-state index contributed by atoms with van der Waals surface area (Å²) in [7, 11) is 0. The van der Waals surface area contributed by atoms with Gasteiger partial charge < -0.3 is 10.3 Å². The Kier molecular flexibility index (Phi) is 4.61. The zero-order valence-corrected chi connectivity index (χ0v) is 16.6. The van der Waals surface area contributed by atoms with Crippen LogP contribution in [0, 0.1) is 0 Å². The number of halogens is 1. The number of hydrogen-bond donors (Lipinski definition) is 3. The minimum atomic E-state index is -0.227. The highest BCUT2D eigenvalue weighted by Gasteiger charge is 2.18. The fraction of sp³-hybridized carbons (Fsp3) is 0.0435. The fourth-order valence-electron chi connectivity index (χ4n) is 3.54. The molecular formula is C23H18ClN5O. The molecule has 0 atom stereocenters. The summed E-state index contributed by atoms with van der Waals surface area (Å²) in [5, 5.41) is 4.02. The van der Waals surface area contributed by atoms with Crippen molar-refractivity contribution in [1.82, 2.24) is 19.5 Å². The maximum Gasteiger partial charge on any atom is 0.332 e. The van der Waals surface area contributed by atoms with Crippen molar-refractivity contribution in [2.24, 2.45) is 0 Å². The summed E-state index contributed by atoms with van der Waals surface area (Å²) in [6, 6.07) is 23.2. The Balaban J connectivity index is 1.64. The van der Waals surface area contributed by atoms with Gasteiger partial charge in [-0.25, -0.2) is 9.78 Å². The van der Waals surface area contributed by atoms with Gasteiger partial charge in [0, 0.05) is 17.1 Å². The van der Waals surface area contributed by atoms with Crippen molar-refractivity contribution in [3.8, 4) is 16.9 Å². The van der Waals surface area contributed by atoms with Crippen LogP contribution in [0.2, 0.25) is 5.02 Å². The topological polar surface area (TPSA) is 78.5 Å². The first-order valence-corrected chi connectivity index (χ1v) is 9.89. The number of aromatic nitrogens is 4. The van der Waals surface area contributed by atoms with E-state index >= 15 is 0 Å². The minimum Gasteiger partial charge on any atom is -0.366 e. The average Bonchev–Trinajstić information content (AvgIpc) is 3.37. The predicted molar refractivity (Wildman–Crippen MR) is 120 cm³/mol. The van der Waals surface area contributed by atoms with Crippen LogP contribution in [-0.2, 0) is 6.54 Å². The van der Waals surface area contributed by atoms with E-state index in [9.17, 15) is 4.79 Å². The van der Waals surface area contributed by atoms with Crippen LogP contribution in [0.5, 0.6) is 0 Å². The highest BCUT2D eigenvalue weighted by molar-refractivity contribution is 6.30. The minimum absolute atomic E-state index is 0.227. The normalized spacial score (nSPS) is 11.1. The molecule has 0 unspecified atom stereocenters. The van der Waals surface area contributed by atoms with Gasteiger partial charge in [0.05, 0.1) is 28.7 Å². The first-order valence-electron chi connectivity index (χ1n) is 9.51. The van der Waals surface area contributed by atoms with Crippen molar-refractivity contribution < 1.29 is 0 Å². The van der Waals surface area contributed by atoms with E-state index in [2.05, 4.69) is 20.3 Å². The van der Waals surface area contributed by atoms with Crippen LogP contribution in [0.1, 0.15) is 5.56 Å². The maximum absolute atomic E-state index is 13.0. The lowest BCUT2D eigenvalue weighted by molar-refractivity contribution is 0.994. The van der Waals surface area contributed by atoms with E-state index in [0.29, 0.717) is 17.4 Å². The van der Waals surface area contributed by atoms with Gasteiger partial charge >= 0.3 is 5.69 Å². The number of rotatable bonds is 5. The number of benzene rings is 3. The molecule has 0 aliphatic rings. The van der Waals surface area contributed by atoms with Gasteiger partial charge in [0.15, 0.2) is 0 Å². The van der Waals surface area contributed by atoms with Gasteiger partial charge in [0.25, 0.3) is 0 Å². The summed E-state index contributed by atoms with van der Waals surface area (Å²) in [5.41, 5.74) is 4.95. The van der Waals surface area contributed by atoms with Crippen molar-refractivity contribution in [1.29, 1.82) is 0 Å². The second kappa shape index (κ2) is 7.57. The summed E-state index contributed by atoms with van der Waals surface area (Å²) >= 11 is 6.09. The SMILES string of the molecule is O=c1[nH]c(NCc2ccccc2)c(-c2ccc(Cl)cc2)n1-c1ccc2nc[nH]c2c1. The van der Waals surface area contributed by atoms with Gasteiger partial charge in [-0.2, -0.15) is 0 Å². The van der Waals surface area contributed by atoms with Crippen LogP contribution in [0.15, 0.2) is 83.9 Å². The predicted octanol–water partition coefficient (Wildman–Crippen LogP) is 4.97. The molecule has 2 heterocycles. The monoisotopic (exact) mass is 415 g/mol. The second-order valence-electron chi connectivity index (χ2n) is 6.94. The zero-order valence-electron chi connectivity index (χ0n) is 15.9. The Morgan fingerprint density at radius 3 is 2.60 bits per heavy atom. The van der Waals surface area contributed by atoms with Gasteiger partial charge in [0.1, 0.15) is 5.82 Å². The quantitative estimate of drug-likeness (QED) is 0.379. The summed E-state index contributed by atoms with van der Waals surface area (Å²) < 4.78 is 1.66. The smallest absolute Gasteiger partial charge is 0.332 e. The maximum atomic E-state index is 13.0. The van der Waals surface area contributed by atoms with Crippen LogP contribution < -0.4 is 11.0 Å². The Morgan fingerprint density at radius 1 is 1.00 bits per heavy atom. The number of fused-ring (bicyclic) bond motifs is 1. The number of imidazole rings is 2.